The van der Waals surface area contributed by atoms with E-state index in [1.165, 1.54) is 5.56 Å². The first kappa shape index (κ1) is 17.4. The first-order valence-electron chi connectivity index (χ1n) is 8.27. The Morgan fingerprint density at radius 3 is 2.38 bits per heavy atom. The van der Waals surface area contributed by atoms with Crippen LogP contribution in [0.1, 0.15) is 5.56 Å². The fraction of sp³-hybridized carbons (Fsp3) is 0.150. The van der Waals surface area contributed by atoms with Crippen LogP contribution in [0.4, 0.5) is 5.95 Å². The van der Waals surface area contributed by atoms with E-state index in [1.807, 2.05) is 48.5 Å². The monoisotopic (exact) mass is 349 g/mol. The smallest absolute Gasteiger partial charge is 0.341 e. The van der Waals surface area contributed by atoms with Gasteiger partial charge in [0.05, 0.1) is 5.69 Å². The van der Waals surface area contributed by atoms with Gasteiger partial charge in [0, 0.05) is 18.2 Å². The van der Waals surface area contributed by atoms with Gasteiger partial charge >= 0.3 is 5.97 Å². The molecule has 0 aliphatic rings. The van der Waals surface area contributed by atoms with Crippen molar-refractivity contribution >= 4 is 11.9 Å². The minimum atomic E-state index is -1.05. The van der Waals surface area contributed by atoms with Gasteiger partial charge in [0.1, 0.15) is 0 Å². The third-order valence-corrected chi connectivity index (χ3v) is 3.66. The van der Waals surface area contributed by atoms with E-state index in [1.54, 1.807) is 6.07 Å². The van der Waals surface area contributed by atoms with Crippen LogP contribution in [0.2, 0.25) is 0 Å². The summed E-state index contributed by atoms with van der Waals surface area (Å²) in [6.45, 7) is 0.204. The summed E-state index contributed by atoms with van der Waals surface area (Å²) < 4.78 is 5.24. The second-order valence-corrected chi connectivity index (χ2v) is 5.63. The van der Waals surface area contributed by atoms with Crippen LogP contribution in [0, 0.1) is 0 Å². The lowest BCUT2D eigenvalue weighted by molar-refractivity contribution is -0.139. The Morgan fingerprint density at radius 1 is 1.00 bits per heavy atom. The van der Waals surface area contributed by atoms with E-state index in [-0.39, 0.29) is 5.88 Å². The molecule has 1 heterocycles. The van der Waals surface area contributed by atoms with E-state index < -0.39 is 12.6 Å². The number of aliphatic carboxylic acids is 1. The molecule has 2 N–H and O–H groups in total. The van der Waals surface area contributed by atoms with Crippen molar-refractivity contribution in [1.29, 1.82) is 0 Å². The molecule has 6 heteroatoms. The predicted octanol–water partition coefficient (Wildman–Crippen LogP) is 3.26. The molecule has 0 saturated carbocycles. The van der Waals surface area contributed by atoms with Crippen LogP contribution in [0.15, 0.2) is 66.7 Å². The Balaban J connectivity index is 1.76. The maximum Gasteiger partial charge on any atom is 0.341 e. The molecule has 0 radical (unpaired) electrons. The Bertz CT molecular complexity index is 855. The molecule has 132 valence electrons. The van der Waals surface area contributed by atoms with Crippen LogP contribution in [-0.4, -0.2) is 34.2 Å². The zero-order valence-corrected chi connectivity index (χ0v) is 14.1. The van der Waals surface area contributed by atoms with Crippen molar-refractivity contribution in [3.05, 3.63) is 72.3 Å². The first-order chi connectivity index (χ1) is 12.7. The summed E-state index contributed by atoms with van der Waals surface area (Å²) >= 11 is 0. The minimum Gasteiger partial charge on any atom is -0.479 e. The normalized spacial score (nSPS) is 10.3. The molecule has 0 unspecified atom stereocenters. The molecule has 0 aliphatic carbocycles. The number of carboxylic acids is 1. The molecule has 1 aromatic heterocycles. The molecule has 0 bridgehead atoms. The maximum absolute atomic E-state index is 10.8. The van der Waals surface area contributed by atoms with Crippen LogP contribution >= 0.6 is 0 Å². The molecule has 0 fully saturated rings. The van der Waals surface area contributed by atoms with Gasteiger partial charge < -0.3 is 15.2 Å². The van der Waals surface area contributed by atoms with Gasteiger partial charge in [-0.05, 0) is 12.0 Å². The van der Waals surface area contributed by atoms with E-state index in [0.29, 0.717) is 18.2 Å². The second kappa shape index (κ2) is 8.62. The number of anilines is 1. The molecule has 0 amide bonds. The lowest BCUT2D eigenvalue weighted by Crippen LogP contribution is -2.13. The van der Waals surface area contributed by atoms with Gasteiger partial charge in [0.15, 0.2) is 6.61 Å². The largest absolute Gasteiger partial charge is 0.479 e. The lowest BCUT2D eigenvalue weighted by Gasteiger charge is -2.10. The van der Waals surface area contributed by atoms with Crippen molar-refractivity contribution in [2.24, 2.45) is 0 Å². The van der Waals surface area contributed by atoms with Crippen molar-refractivity contribution in [3.8, 4) is 17.1 Å². The highest BCUT2D eigenvalue weighted by atomic mass is 16.5. The highest BCUT2D eigenvalue weighted by Gasteiger charge is 2.09. The zero-order chi connectivity index (χ0) is 18.2. The van der Waals surface area contributed by atoms with Crippen LogP contribution in [0.3, 0.4) is 0 Å². The number of aromatic nitrogens is 2. The van der Waals surface area contributed by atoms with Gasteiger partial charge in [0.2, 0.25) is 11.8 Å². The fourth-order valence-corrected chi connectivity index (χ4v) is 2.43. The SMILES string of the molecule is O=C(O)COc1cc(-c2ccccc2)nc(NCCc2ccccc2)n1. The number of hydrogen-bond donors (Lipinski definition) is 2. The number of hydrogen-bond acceptors (Lipinski definition) is 5. The van der Waals surface area contributed by atoms with E-state index in [9.17, 15) is 4.79 Å². The number of rotatable bonds is 8. The molecule has 0 atom stereocenters. The number of ether oxygens (including phenoxy) is 1. The van der Waals surface area contributed by atoms with Crippen molar-refractivity contribution in [3.63, 3.8) is 0 Å². The van der Waals surface area contributed by atoms with Crippen molar-refractivity contribution in [2.45, 2.75) is 6.42 Å². The third-order valence-electron chi connectivity index (χ3n) is 3.66. The maximum atomic E-state index is 10.8. The average molecular weight is 349 g/mol. The molecule has 2 aromatic carbocycles. The molecule has 3 aromatic rings. The van der Waals surface area contributed by atoms with Crippen molar-refractivity contribution < 1.29 is 14.6 Å². The van der Waals surface area contributed by atoms with E-state index in [2.05, 4.69) is 27.4 Å². The summed E-state index contributed by atoms with van der Waals surface area (Å²) in [4.78, 5) is 19.5. The zero-order valence-electron chi connectivity index (χ0n) is 14.1. The average Bonchev–Trinajstić information content (AvgIpc) is 2.68. The van der Waals surface area contributed by atoms with Gasteiger partial charge in [-0.25, -0.2) is 9.78 Å². The fourth-order valence-electron chi connectivity index (χ4n) is 2.43. The Kier molecular flexibility index (Phi) is 5.77. The first-order valence-corrected chi connectivity index (χ1v) is 8.27. The van der Waals surface area contributed by atoms with Crippen LogP contribution in [0.25, 0.3) is 11.3 Å². The predicted molar refractivity (Wildman–Crippen MR) is 99.2 cm³/mol. The van der Waals surface area contributed by atoms with Crippen LogP contribution in [0.5, 0.6) is 5.88 Å². The molecule has 0 spiro atoms. The molecule has 0 saturated heterocycles. The number of carbonyl (C=O) groups is 1. The molecule has 6 nitrogen and oxygen atoms in total. The van der Waals surface area contributed by atoms with Crippen molar-refractivity contribution in [1.82, 2.24) is 9.97 Å². The van der Waals surface area contributed by atoms with Gasteiger partial charge in [-0.3, -0.25) is 0 Å². The highest BCUT2D eigenvalue weighted by molar-refractivity contribution is 5.68. The highest BCUT2D eigenvalue weighted by Crippen LogP contribution is 2.22. The van der Waals surface area contributed by atoms with Crippen LogP contribution < -0.4 is 10.1 Å². The van der Waals surface area contributed by atoms with E-state index >= 15 is 0 Å². The van der Waals surface area contributed by atoms with Gasteiger partial charge in [-0.15, -0.1) is 0 Å². The second-order valence-electron chi connectivity index (χ2n) is 5.63. The molecule has 0 aliphatic heterocycles. The molecule has 3 rings (SSSR count). The number of benzene rings is 2. The van der Waals surface area contributed by atoms with Gasteiger partial charge in [-0.1, -0.05) is 60.7 Å². The standard InChI is InChI=1S/C20H19N3O3/c24-19(25)14-26-18-13-17(16-9-5-2-6-10-16)22-20(23-18)21-12-11-15-7-3-1-4-8-15/h1-10,13H,11-12,14H2,(H,24,25)(H,21,22,23). The minimum absolute atomic E-state index is 0.225. The Hall–Kier alpha value is -3.41. The molecular formula is C20H19N3O3. The van der Waals surface area contributed by atoms with Gasteiger partial charge in [0.25, 0.3) is 0 Å². The Labute approximate surface area is 151 Å². The Morgan fingerprint density at radius 2 is 1.69 bits per heavy atom. The molecular weight excluding hydrogens is 330 g/mol. The van der Waals surface area contributed by atoms with Crippen molar-refractivity contribution in [2.75, 3.05) is 18.5 Å². The lowest BCUT2D eigenvalue weighted by atomic mass is 10.1. The number of carboxylic acid groups (broad SMARTS) is 1. The van der Waals surface area contributed by atoms with Gasteiger partial charge in [-0.2, -0.15) is 4.98 Å². The summed E-state index contributed by atoms with van der Waals surface area (Å²) in [7, 11) is 0. The number of nitrogens with zero attached hydrogens (tertiary/aromatic N) is 2. The summed E-state index contributed by atoms with van der Waals surface area (Å²) in [5.74, 6) is -0.422. The summed E-state index contributed by atoms with van der Waals surface area (Å²) in [5.41, 5.74) is 2.78. The quantitative estimate of drug-likeness (QED) is 0.649. The summed E-state index contributed by atoms with van der Waals surface area (Å²) in [5, 5.41) is 12.0. The molecule has 26 heavy (non-hydrogen) atoms. The van der Waals surface area contributed by atoms with E-state index in [0.717, 1.165) is 12.0 Å². The summed E-state index contributed by atoms with van der Waals surface area (Å²) in [6, 6.07) is 21.3. The third kappa shape index (κ3) is 5.04. The summed E-state index contributed by atoms with van der Waals surface area (Å²) in [6.07, 6.45) is 0.824. The van der Waals surface area contributed by atoms with Crippen LogP contribution in [-0.2, 0) is 11.2 Å². The number of nitrogens with one attached hydrogen (secondary N) is 1. The van der Waals surface area contributed by atoms with E-state index in [4.69, 9.17) is 9.84 Å². The topological polar surface area (TPSA) is 84.3 Å².